The monoisotopic (exact) mass is 792 g/mol. The number of hydrogen-bond donors (Lipinski definition) is 0. The number of rotatable bonds is 6. The summed E-state index contributed by atoms with van der Waals surface area (Å²) >= 11 is 1.85. The molecule has 2 aromatic heterocycles. The first-order valence-electron chi connectivity index (χ1n) is 20.7. The van der Waals surface area contributed by atoms with E-state index in [9.17, 15) is 0 Å². The summed E-state index contributed by atoms with van der Waals surface area (Å²) < 4.78 is 2.62. The summed E-state index contributed by atoms with van der Waals surface area (Å²) in [5.74, 6) is 0.689. The van der Waals surface area contributed by atoms with E-state index < -0.39 is 0 Å². The van der Waals surface area contributed by atoms with Crippen molar-refractivity contribution in [3.8, 4) is 67.3 Å². The van der Waals surface area contributed by atoms with Gasteiger partial charge in [-0.25, -0.2) is 9.97 Å². The Morgan fingerprint density at radius 2 is 0.820 bits per heavy atom. The smallest absolute Gasteiger partial charge is 0.160 e. The zero-order chi connectivity index (χ0) is 40.3. The molecule has 0 amide bonds. The van der Waals surface area contributed by atoms with Gasteiger partial charge in [-0.1, -0.05) is 176 Å². The highest BCUT2D eigenvalue weighted by Crippen LogP contribution is 2.41. The fraction of sp³-hybridized carbons (Fsp3) is 0. The van der Waals surface area contributed by atoms with Crippen LogP contribution in [0.15, 0.2) is 218 Å². The van der Waals surface area contributed by atoms with Crippen molar-refractivity contribution in [2.45, 2.75) is 0 Å². The number of hydrogen-bond acceptors (Lipinski definition) is 3. The molecule has 2 heterocycles. The first-order valence-corrected chi connectivity index (χ1v) is 21.5. The van der Waals surface area contributed by atoms with Crippen LogP contribution in [0.4, 0.5) is 0 Å². The molecule has 0 atom stereocenters. The average molecular weight is 793 g/mol. The van der Waals surface area contributed by atoms with Crippen LogP contribution in [0.25, 0.3) is 120 Å². The lowest BCUT2D eigenvalue weighted by Crippen LogP contribution is -1.96. The molecule has 284 valence electrons. The number of fused-ring (bicyclic) bond motifs is 7. The van der Waals surface area contributed by atoms with Crippen molar-refractivity contribution in [2.24, 2.45) is 0 Å². The van der Waals surface area contributed by atoms with Gasteiger partial charge in [0.15, 0.2) is 5.82 Å². The van der Waals surface area contributed by atoms with Crippen LogP contribution in [0.2, 0.25) is 0 Å². The topological polar surface area (TPSA) is 25.8 Å². The summed E-state index contributed by atoms with van der Waals surface area (Å²) in [4.78, 5) is 10.6. The van der Waals surface area contributed by atoms with Gasteiger partial charge in [0, 0.05) is 36.9 Å². The maximum atomic E-state index is 5.32. The molecule has 0 saturated heterocycles. The molecule has 61 heavy (non-hydrogen) atoms. The molecule has 0 spiro atoms. The molecule has 0 N–H and O–H groups in total. The van der Waals surface area contributed by atoms with Crippen molar-refractivity contribution in [3.63, 3.8) is 0 Å². The van der Waals surface area contributed by atoms with Gasteiger partial charge in [-0.15, -0.1) is 11.3 Å². The minimum atomic E-state index is 0.689. The van der Waals surface area contributed by atoms with Gasteiger partial charge >= 0.3 is 0 Å². The van der Waals surface area contributed by atoms with Gasteiger partial charge in [-0.3, -0.25) is 0 Å². The normalized spacial score (nSPS) is 11.6. The lowest BCUT2D eigenvalue weighted by molar-refractivity contribution is 1.18. The van der Waals surface area contributed by atoms with Crippen molar-refractivity contribution in [3.05, 3.63) is 218 Å². The third kappa shape index (κ3) is 6.26. The summed E-state index contributed by atoms with van der Waals surface area (Å²) in [6.07, 6.45) is 0. The summed E-state index contributed by atoms with van der Waals surface area (Å²) in [6, 6.07) is 78.8. The van der Waals surface area contributed by atoms with Crippen molar-refractivity contribution >= 4 is 63.8 Å². The molecule has 2 nitrogen and oxygen atoms in total. The van der Waals surface area contributed by atoms with Crippen LogP contribution in [0.1, 0.15) is 0 Å². The van der Waals surface area contributed by atoms with Crippen LogP contribution >= 0.6 is 11.3 Å². The van der Waals surface area contributed by atoms with E-state index in [0.29, 0.717) is 5.82 Å². The summed E-state index contributed by atoms with van der Waals surface area (Å²) in [7, 11) is 0. The Kier molecular flexibility index (Phi) is 8.39. The molecule has 12 rings (SSSR count). The minimum absolute atomic E-state index is 0.689. The highest BCUT2D eigenvalue weighted by atomic mass is 32.1. The van der Waals surface area contributed by atoms with Gasteiger partial charge in [-0.2, -0.15) is 0 Å². The Hall–Kier alpha value is -7.72. The molecule has 0 aliphatic heterocycles. The van der Waals surface area contributed by atoms with Gasteiger partial charge in [-0.05, 0) is 108 Å². The third-order valence-corrected chi connectivity index (χ3v) is 13.2. The average Bonchev–Trinajstić information content (AvgIpc) is 3.71. The van der Waals surface area contributed by atoms with Crippen molar-refractivity contribution in [1.29, 1.82) is 0 Å². The minimum Gasteiger partial charge on any atom is -0.228 e. The first kappa shape index (κ1) is 35.2. The Labute approximate surface area is 357 Å². The zero-order valence-corrected chi connectivity index (χ0v) is 33.9. The maximum Gasteiger partial charge on any atom is 0.160 e. The lowest BCUT2D eigenvalue weighted by atomic mass is 9.89. The number of nitrogens with zero attached hydrogens (tertiary/aromatic N) is 2. The molecule has 0 saturated carbocycles. The summed E-state index contributed by atoms with van der Waals surface area (Å²) in [5.41, 5.74) is 11.9. The quantitative estimate of drug-likeness (QED) is 0.124. The van der Waals surface area contributed by atoms with E-state index in [2.05, 4.69) is 218 Å². The highest BCUT2D eigenvalue weighted by molar-refractivity contribution is 7.25. The highest BCUT2D eigenvalue weighted by Gasteiger charge is 2.16. The van der Waals surface area contributed by atoms with Crippen LogP contribution < -0.4 is 0 Å². The van der Waals surface area contributed by atoms with Gasteiger partial charge in [0.1, 0.15) is 0 Å². The second-order valence-electron chi connectivity index (χ2n) is 15.7. The molecule has 0 unspecified atom stereocenters. The molecular weight excluding hydrogens is 757 g/mol. The molecule has 0 radical (unpaired) electrons. The third-order valence-electron chi connectivity index (χ3n) is 12.1. The fourth-order valence-corrected chi connectivity index (χ4v) is 10.1. The molecular formula is C58H36N2S. The zero-order valence-electron chi connectivity index (χ0n) is 33.1. The van der Waals surface area contributed by atoms with Gasteiger partial charge < -0.3 is 0 Å². The number of thiophene rings is 1. The van der Waals surface area contributed by atoms with E-state index >= 15 is 0 Å². The van der Waals surface area contributed by atoms with Crippen LogP contribution in [-0.4, -0.2) is 9.97 Å². The molecule has 0 fully saturated rings. The van der Waals surface area contributed by atoms with E-state index in [-0.39, 0.29) is 0 Å². The lowest BCUT2D eigenvalue weighted by Gasteiger charge is -2.15. The van der Waals surface area contributed by atoms with E-state index in [0.717, 1.165) is 44.8 Å². The fourth-order valence-electron chi connectivity index (χ4n) is 9.04. The van der Waals surface area contributed by atoms with Gasteiger partial charge in [0.25, 0.3) is 0 Å². The van der Waals surface area contributed by atoms with E-state index in [4.69, 9.17) is 9.97 Å². The second kappa shape index (κ2) is 14.5. The standard InChI is InChI=1S/C58H36N2S/c1-2-12-37(13-3-1)41-16-10-18-45(32-41)53-36-54(46-19-11-17-42(33-46)43-29-31-56-52(34-43)49-22-8-9-23-55(49)61-56)60-58(59-53)40-26-24-39(25-27-40)57-48-21-7-5-15-44(48)35-51-47-20-6-4-14-38(47)28-30-50(51)57/h1-36H. The maximum absolute atomic E-state index is 5.32. The summed E-state index contributed by atoms with van der Waals surface area (Å²) in [5, 5.41) is 10.1. The van der Waals surface area contributed by atoms with Crippen LogP contribution in [0.3, 0.4) is 0 Å². The number of benzene rings is 10. The Morgan fingerprint density at radius 3 is 1.59 bits per heavy atom. The van der Waals surface area contributed by atoms with Crippen molar-refractivity contribution in [1.82, 2.24) is 9.97 Å². The molecule has 10 aromatic carbocycles. The Morgan fingerprint density at radius 1 is 0.262 bits per heavy atom. The van der Waals surface area contributed by atoms with E-state index in [1.165, 1.54) is 69.2 Å². The van der Waals surface area contributed by atoms with Crippen molar-refractivity contribution in [2.75, 3.05) is 0 Å². The predicted octanol–water partition coefficient (Wildman–Crippen LogP) is 16.3. The Bertz CT molecular complexity index is 3640. The Balaban J connectivity index is 0.996. The van der Waals surface area contributed by atoms with Crippen LogP contribution in [-0.2, 0) is 0 Å². The number of aromatic nitrogens is 2. The predicted molar refractivity (Wildman–Crippen MR) is 260 cm³/mol. The van der Waals surface area contributed by atoms with Crippen molar-refractivity contribution < 1.29 is 0 Å². The second-order valence-corrected chi connectivity index (χ2v) is 16.8. The van der Waals surface area contributed by atoms with Crippen LogP contribution in [0.5, 0.6) is 0 Å². The molecule has 0 aliphatic rings. The molecule has 0 bridgehead atoms. The molecule has 3 heteroatoms. The van der Waals surface area contributed by atoms with E-state index in [1.54, 1.807) is 0 Å². The van der Waals surface area contributed by atoms with Crippen LogP contribution in [0, 0.1) is 0 Å². The SMILES string of the molecule is c1ccc(-c2cccc(-c3cc(-c4cccc(-c5ccc6sc7ccccc7c6c5)c4)nc(-c4ccc(-c5c6ccccc6cc6c5ccc5ccccc56)cc4)n3)c2)cc1. The summed E-state index contributed by atoms with van der Waals surface area (Å²) in [6.45, 7) is 0. The van der Waals surface area contributed by atoms with Gasteiger partial charge in [0.2, 0.25) is 0 Å². The molecule has 0 aliphatic carbocycles. The van der Waals surface area contributed by atoms with E-state index in [1.807, 2.05) is 11.3 Å². The van der Waals surface area contributed by atoms with Gasteiger partial charge in [0.05, 0.1) is 11.4 Å². The largest absolute Gasteiger partial charge is 0.228 e. The molecule has 12 aromatic rings. The first-order chi connectivity index (χ1) is 30.2.